The van der Waals surface area contributed by atoms with Gasteiger partial charge in [-0.3, -0.25) is 4.79 Å². The number of aliphatic hydroxyl groups is 1. The fraction of sp³-hybridized carbons (Fsp3) is 0.364. The molecule has 0 saturated heterocycles. The van der Waals surface area contributed by atoms with Gasteiger partial charge in [-0.15, -0.1) is 0 Å². The van der Waals surface area contributed by atoms with Crippen molar-refractivity contribution in [3.05, 3.63) is 29.8 Å². The summed E-state index contributed by atoms with van der Waals surface area (Å²) in [5, 5.41) is 27.5. The molecule has 2 unspecified atom stereocenters. The number of carboxylic acid groups (broad SMARTS) is 1. The van der Waals surface area contributed by atoms with Gasteiger partial charge in [-0.25, -0.2) is 0 Å². The molecule has 0 aliphatic carbocycles. The maximum absolute atomic E-state index is 10.6. The number of hydrogen-bond donors (Lipinski definition) is 3. The van der Waals surface area contributed by atoms with Crippen molar-refractivity contribution < 1.29 is 20.1 Å². The lowest BCUT2D eigenvalue weighted by molar-refractivity contribution is -0.142. The summed E-state index contributed by atoms with van der Waals surface area (Å²) in [4.78, 5) is 10.6. The molecule has 0 aromatic heterocycles. The first-order valence-corrected chi connectivity index (χ1v) is 4.70. The van der Waals surface area contributed by atoms with Crippen molar-refractivity contribution in [2.75, 3.05) is 0 Å². The lowest BCUT2D eigenvalue weighted by Gasteiger charge is -2.13. The second-order valence-electron chi connectivity index (χ2n) is 3.59. The van der Waals surface area contributed by atoms with E-state index in [1.165, 1.54) is 19.1 Å². The zero-order valence-electron chi connectivity index (χ0n) is 8.42. The first-order chi connectivity index (χ1) is 7.00. The van der Waals surface area contributed by atoms with Crippen LogP contribution in [0.3, 0.4) is 0 Å². The van der Waals surface area contributed by atoms with Crippen molar-refractivity contribution >= 4 is 5.97 Å². The fourth-order valence-electron chi connectivity index (χ4n) is 1.30. The number of rotatable bonds is 4. The van der Waals surface area contributed by atoms with E-state index >= 15 is 0 Å². The molecule has 0 bridgehead atoms. The van der Waals surface area contributed by atoms with Gasteiger partial charge in [0, 0.05) is 0 Å². The highest BCUT2D eigenvalue weighted by atomic mass is 16.4. The molecule has 0 aliphatic heterocycles. The Bertz CT molecular complexity index is 348. The van der Waals surface area contributed by atoms with E-state index < -0.39 is 18.0 Å². The summed E-state index contributed by atoms with van der Waals surface area (Å²) in [5.74, 6) is -1.48. The lowest BCUT2D eigenvalue weighted by Crippen LogP contribution is -2.13. The van der Waals surface area contributed by atoms with Gasteiger partial charge in [-0.1, -0.05) is 19.1 Å². The van der Waals surface area contributed by atoms with Crippen LogP contribution in [0, 0.1) is 5.92 Å². The summed E-state index contributed by atoms with van der Waals surface area (Å²) in [6.45, 7) is 1.54. The fourth-order valence-corrected chi connectivity index (χ4v) is 1.30. The highest BCUT2D eigenvalue weighted by Gasteiger charge is 2.17. The zero-order chi connectivity index (χ0) is 11.4. The van der Waals surface area contributed by atoms with Crippen LogP contribution in [0.25, 0.3) is 0 Å². The van der Waals surface area contributed by atoms with Crippen molar-refractivity contribution in [3.63, 3.8) is 0 Å². The number of carbonyl (C=O) groups is 1. The highest BCUT2D eigenvalue weighted by Crippen LogP contribution is 2.23. The molecular formula is C11H14O4. The topological polar surface area (TPSA) is 77.8 Å². The first kappa shape index (κ1) is 11.5. The number of hydrogen-bond acceptors (Lipinski definition) is 3. The zero-order valence-corrected chi connectivity index (χ0v) is 8.42. The van der Waals surface area contributed by atoms with Crippen molar-refractivity contribution in [1.29, 1.82) is 0 Å². The van der Waals surface area contributed by atoms with Gasteiger partial charge >= 0.3 is 5.97 Å². The van der Waals surface area contributed by atoms with Crippen LogP contribution in [-0.4, -0.2) is 21.3 Å². The van der Waals surface area contributed by atoms with Gasteiger partial charge in [-0.2, -0.15) is 0 Å². The van der Waals surface area contributed by atoms with Crippen LogP contribution in [0.2, 0.25) is 0 Å². The number of benzene rings is 1. The number of aliphatic carboxylic acids is 1. The Labute approximate surface area is 87.8 Å². The van der Waals surface area contributed by atoms with E-state index in [0.29, 0.717) is 5.56 Å². The minimum Gasteiger partial charge on any atom is -0.508 e. The van der Waals surface area contributed by atoms with Crippen molar-refractivity contribution in [1.82, 2.24) is 0 Å². The molecule has 1 aromatic rings. The minimum atomic E-state index is -0.936. The van der Waals surface area contributed by atoms with Crippen LogP contribution in [0.4, 0.5) is 0 Å². The molecule has 82 valence electrons. The molecule has 0 aliphatic rings. The average molecular weight is 210 g/mol. The van der Waals surface area contributed by atoms with Gasteiger partial charge in [0.1, 0.15) is 5.75 Å². The number of aliphatic hydroxyl groups excluding tert-OH is 1. The summed E-state index contributed by atoms with van der Waals surface area (Å²) in [6.07, 6.45) is -0.720. The Balaban J connectivity index is 2.68. The third-order valence-corrected chi connectivity index (χ3v) is 2.25. The Morgan fingerprint density at radius 3 is 2.67 bits per heavy atom. The average Bonchev–Trinajstić information content (AvgIpc) is 2.17. The molecular weight excluding hydrogens is 196 g/mol. The van der Waals surface area contributed by atoms with Crippen LogP contribution in [0.1, 0.15) is 25.0 Å². The van der Waals surface area contributed by atoms with E-state index in [1.807, 2.05) is 0 Å². The Hall–Kier alpha value is -1.55. The standard InChI is InChI=1S/C11H14O4/c1-7(11(14)15)5-10(13)8-3-2-4-9(12)6-8/h2-4,6-7,10,12-13H,5H2,1H3,(H,14,15). The van der Waals surface area contributed by atoms with E-state index in [2.05, 4.69) is 0 Å². The molecule has 0 radical (unpaired) electrons. The van der Waals surface area contributed by atoms with Crippen LogP contribution < -0.4 is 0 Å². The molecule has 0 saturated carbocycles. The summed E-state index contributed by atoms with van der Waals surface area (Å²) < 4.78 is 0. The molecule has 1 rings (SSSR count). The Morgan fingerprint density at radius 2 is 2.13 bits per heavy atom. The van der Waals surface area contributed by atoms with Crippen LogP contribution in [0.15, 0.2) is 24.3 Å². The highest BCUT2D eigenvalue weighted by molar-refractivity contribution is 5.69. The van der Waals surface area contributed by atoms with Crippen LogP contribution in [0.5, 0.6) is 5.75 Å². The summed E-state index contributed by atoms with van der Waals surface area (Å²) in [7, 11) is 0. The second-order valence-corrected chi connectivity index (χ2v) is 3.59. The number of carboxylic acids is 1. The van der Waals surface area contributed by atoms with Gasteiger partial charge in [0.25, 0.3) is 0 Å². The molecule has 0 heterocycles. The molecule has 4 nitrogen and oxygen atoms in total. The van der Waals surface area contributed by atoms with Gasteiger partial charge < -0.3 is 15.3 Å². The molecule has 0 amide bonds. The van der Waals surface area contributed by atoms with E-state index in [1.54, 1.807) is 12.1 Å². The molecule has 4 heteroatoms. The summed E-state index contributed by atoms with van der Waals surface area (Å²) in [5.41, 5.74) is 0.531. The lowest BCUT2D eigenvalue weighted by atomic mass is 9.98. The van der Waals surface area contributed by atoms with Gasteiger partial charge in [0.15, 0.2) is 0 Å². The normalized spacial score (nSPS) is 14.5. The van der Waals surface area contributed by atoms with Crippen molar-refractivity contribution in [3.8, 4) is 5.75 Å². The second kappa shape index (κ2) is 4.79. The number of phenols is 1. The molecule has 1 aromatic carbocycles. The van der Waals surface area contributed by atoms with Crippen LogP contribution in [-0.2, 0) is 4.79 Å². The quantitative estimate of drug-likeness (QED) is 0.704. The first-order valence-electron chi connectivity index (χ1n) is 4.70. The van der Waals surface area contributed by atoms with Crippen LogP contribution >= 0.6 is 0 Å². The smallest absolute Gasteiger partial charge is 0.306 e. The van der Waals surface area contributed by atoms with E-state index in [0.717, 1.165) is 0 Å². The van der Waals surface area contributed by atoms with Gasteiger partial charge in [0.2, 0.25) is 0 Å². The molecule has 3 N–H and O–H groups in total. The Morgan fingerprint density at radius 1 is 1.47 bits per heavy atom. The maximum Gasteiger partial charge on any atom is 0.306 e. The Kier molecular flexibility index (Phi) is 3.68. The van der Waals surface area contributed by atoms with Crippen molar-refractivity contribution in [2.24, 2.45) is 5.92 Å². The van der Waals surface area contributed by atoms with E-state index in [-0.39, 0.29) is 12.2 Å². The largest absolute Gasteiger partial charge is 0.508 e. The van der Waals surface area contributed by atoms with E-state index in [4.69, 9.17) is 5.11 Å². The minimum absolute atomic E-state index is 0.0644. The predicted molar refractivity (Wildman–Crippen MR) is 54.5 cm³/mol. The van der Waals surface area contributed by atoms with Gasteiger partial charge in [-0.05, 0) is 24.1 Å². The SMILES string of the molecule is CC(CC(O)c1cccc(O)c1)C(=O)O. The number of aromatic hydroxyl groups is 1. The molecule has 0 fully saturated rings. The third-order valence-electron chi connectivity index (χ3n) is 2.25. The predicted octanol–water partition coefficient (Wildman–Crippen LogP) is 1.54. The monoisotopic (exact) mass is 210 g/mol. The molecule has 15 heavy (non-hydrogen) atoms. The third kappa shape index (κ3) is 3.25. The number of phenolic OH excluding ortho intramolecular Hbond substituents is 1. The van der Waals surface area contributed by atoms with Gasteiger partial charge in [0.05, 0.1) is 12.0 Å². The molecule has 2 atom stereocenters. The van der Waals surface area contributed by atoms with Crippen molar-refractivity contribution in [2.45, 2.75) is 19.4 Å². The summed E-state index contributed by atoms with van der Waals surface area (Å²) in [6, 6.07) is 6.19. The maximum atomic E-state index is 10.6. The van der Waals surface area contributed by atoms with E-state index in [9.17, 15) is 15.0 Å². The summed E-state index contributed by atoms with van der Waals surface area (Å²) >= 11 is 0. The molecule has 0 spiro atoms.